The van der Waals surface area contributed by atoms with Crippen LogP contribution in [0.4, 0.5) is 11.4 Å². The quantitative estimate of drug-likeness (QED) is 0.253. The van der Waals surface area contributed by atoms with Gasteiger partial charge in [-0.3, -0.25) is 9.69 Å². The van der Waals surface area contributed by atoms with Crippen LogP contribution in [0.2, 0.25) is 5.02 Å². The van der Waals surface area contributed by atoms with Crippen LogP contribution in [-0.2, 0) is 16.0 Å². The van der Waals surface area contributed by atoms with Gasteiger partial charge in [0, 0.05) is 60.5 Å². The molecule has 0 radical (unpaired) electrons. The molecule has 1 saturated heterocycles. The van der Waals surface area contributed by atoms with Gasteiger partial charge in [-0.1, -0.05) is 65.8 Å². The first-order valence-electron chi connectivity index (χ1n) is 13.6. The maximum atomic E-state index is 12.1. The molecule has 0 aromatic heterocycles. The number of carbonyl (C=O) groups excluding carboxylic acids is 1. The molecule has 1 fully saturated rings. The fraction of sp³-hybridized carbons (Fsp3) is 0.387. The maximum absolute atomic E-state index is 12.1. The molecule has 5 rings (SSSR count). The summed E-state index contributed by atoms with van der Waals surface area (Å²) in [6.45, 7) is 7.49. The van der Waals surface area contributed by atoms with Crippen LogP contribution in [0.3, 0.4) is 0 Å². The summed E-state index contributed by atoms with van der Waals surface area (Å²) in [6, 6.07) is 25.1. The van der Waals surface area contributed by atoms with Crippen molar-refractivity contribution in [3.8, 4) is 0 Å². The Balaban J connectivity index is 0.998. The van der Waals surface area contributed by atoms with Gasteiger partial charge in [0.05, 0.1) is 11.4 Å². The molecule has 0 bridgehead atoms. The van der Waals surface area contributed by atoms with Gasteiger partial charge in [0.2, 0.25) is 0 Å². The number of fused-ring (bicyclic) bond motifs is 2. The van der Waals surface area contributed by atoms with Crippen molar-refractivity contribution >= 4 is 40.7 Å². The molecule has 0 amide bonds. The summed E-state index contributed by atoms with van der Waals surface area (Å²) < 4.78 is 5.50. The van der Waals surface area contributed by atoms with Gasteiger partial charge in [-0.15, -0.1) is 0 Å². The van der Waals surface area contributed by atoms with E-state index in [0.29, 0.717) is 13.0 Å². The molecule has 200 valence electrons. The second kappa shape index (κ2) is 13.5. The van der Waals surface area contributed by atoms with Crippen LogP contribution in [0.25, 0.3) is 0 Å². The Morgan fingerprint density at radius 1 is 0.789 bits per heavy atom. The van der Waals surface area contributed by atoms with Crippen molar-refractivity contribution in [1.29, 1.82) is 0 Å². The highest BCUT2D eigenvalue weighted by molar-refractivity contribution is 7.99. The monoisotopic (exact) mass is 549 g/mol. The number of ether oxygens (including phenoxy) is 1. The largest absolute Gasteiger partial charge is 0.464 e. The summed E-state index contributed by atoms with van der Waals surface area (Å²) in [7, 11) is 0. The molecule has 5 nitrogen and oxygen atoms in total. The third-order valence-corrected chi connectivity index (χ3v) is 8.63. The Kier molecular flexibility index (Phi) is 9.63. The fourth-order valence-corrected chi connectivity index (χ4v) is 6.42. The third kappa shape index (κ3) is 7.32. The number of halogens is 1. The SMILES string of the molecule is O=C(CCCc1ccccc1)OCCN1CCN(CCCN2c3ccccc3Sc3ccc(Cl)cc32)CC1. The molecule has 3 aromatic carbocycles. The second-order valence-electron chi connectivity index (χ2n) is 9.93. The van der Waals surface area contributed by atoms with Gasteiger partial charge in [0.15, 0.2) is 0 Å². The molecule has 0 spiro atoms. The van der Waals surface area contributed by atoms with Crippen molar-refractivity contribution in [1.82, 2.24) is 9.80 Å². The minimum absolute atomic E-state index is 0.0832. The number of hydrogen-bond donors (Lipinski definition) is 0. The van der Waals surface area contributed by atoms with Crippen LogP contribution in [0.15, 0.2) is 82.6 Å². The first kappa shape index (κ1) is 27.1. The van der Waals surface area contributed by atoms with E-state index in [0.717, 1.165) is 70.1 Å². The summed E-state index contributed by atoms with van der Waals surface area (Å²) in [5, 5.41) is 0.780. The zero-order valence-corrected chi connectivity index (χ0v) is 23.4. The lowest BCUT2D eigenvalue weighted by atomic mass is 10.1. The number of anilines is 2. The molecular formula is C31H36ClN3O2S. The number of para-hydroxylation sites is 1. The number of carbonyl (C=O) groups is 1. The van der Waals surface area contributed by atoms with Crippen LogP contribution < -0.4 is 4.90 Å². The van der Waals surface area contributed by atoms with Crippen LogP contribution in [-0.4, -0.2) is 68.2 Å². The minimum Gasteiger partial charge on any atom is -0.464 e. The number of rotatable bonds is 11. The van der Waals surface area contributed by atoms with E-state index in [1.807, 2.05) is 36.0 Å². The molecule has 38 heavy (non-hydrogen) atoms. The van der Waals surface area contributed by atoms with Gasteiger partial charge < -0.3 is 14.5 Å². The first-order chi connectivity index (χ1) is 18.7. The standard InChI is InChI=1S/C31H36ClN3O2S/c32-26-14-15-30-28(24-26)35(27-11-4-5-12-29(27)38-30)17-7-16-33-18-20-34(21-19-33)22-23-37-31(36)13-6-10-25-8-2-1-3-9-25/h1-5,8-9,11-12,14-15,24H,6-7,10,13,16-23H2. The highest BCUT2D eigenvalue weighted by Crippen LogP contribution is 2.48. The Labute approximate surface area is 235 Å². The molecule has 0 aliphatic carbocycles. The van der Waals surface area contributed by atoms with E-state index in [9.17, 15) is 4.79 Å². The first-order valence-corrected chi connectivity index (χ1v) is 14.8. The highest BCUT2D eigenvalue weighted by Gasteiger charge is 2.24. The lowest BCUT2D eigenvalue weighted by molar-refractivity contribution is -0.144. The molecule has 0 atom stereocenters. The number of piperazine rings is 1. The van der Waals surface area contributed by atoms with Crippen molar-refractivity contribution in [3.05, 3.63) is 83.4 Å². The fourth-order valence-electron chi connectivity index (χ4n) is 5.17. The molecule has 3 aromatic rings. The molecule has 2 aliphatic rings. The molecule has 7 heteroatoms. The van der Waals surface area contributed by atoms with E-state index < -0.39 is 0 Å². The topological polar surface area (TPSA) is 36.0 Å². The van der Waals surface area contributed by atoms with Gasteiger partial charge in [-0.25, -0.2) is 0 Å². The Morgan fingerprint density at radius 2 is 1.50 bits per heavy atom. The summed E-state index contributed by atoms with van der Waals surface area (Å²) >= 11 is 8.18. The average molecular weight is 550 g/mol. The van der Waals surface area contributed by atoms with Crippen LogP contribution >= 0.6 is 23.4 Å². The van der Waals surface area contributed by atoms with Gasteiger partial charge in [0.25, 0.3) is 0 Å². The minimum atomic E-state index is -0.0832. The molecule has 0 saturated carbocycles. The molecule has 0 N–H and O–H groups in total. The van der Waals surface area contributed by atoms with E-state index in [-0.39, 0.29) is 5.97 Å². The molecule has 2 aliphatic heterocycles. The van der Waals surface area contributed by atoms with E-state index in [1.165, 1.54) is 26.7 Å². The zero-order valence-electron chi connectivity index (χ0n) is 21.9. The summed E-state index contributed by atoms with van der Waals surface area (Å²) in [4.78, 5) is 22.0. The normalized spacial score (nSPS) is 15.7. The summed E-state index contributed by atoms with van der Waals surface area (Å²) in [5.74, 6) is -0.0832. The van der Waals surface area contributed by atoms with Gasteiger partial charge in [-0.2, -0.15) is 0 Å². The number of esters is 1. The molecular weight excluding hydrogens is 514 g/mol. The third-order valence-electron chi connectivity index (χ3n) is 7.27. The highest BCUT2D eigenvalue weighted by atomic mass is 35.5. The Hall–Kier alpha value is -2.51. The van der Waals surface area contributed by atoms with Crippen molar-refractivity contribution in [2.75, 3.05) is 57.3 Å². The number of hydrogen-bond acceptors (Lipinski definition) is 6. The Bertz CT molecular complexity index is 1200. The number of aryl methyl sites for hydroxylation is 1. The molecule has 0 unspecified atom stereocenters. The molecule has 2 heterocycles. The van der Waals surface area contributed by atoms with Crippen LogP contribution in [0.5, 0.6) is 0 Å². The van der Waals surface area contributed by atoms with E-state index in [1.54, 1.807) is 0 Å². The predicted octanol–water partition coefficient (Wildman–Crippen LogP) is 6.52. The summed E-state index contributed by atoms with van der Waals surface area (Å²) in [5.41, 5.74) is 3.75. The van der Waals surface area contributed by atoms with Crippen molar-refractivity contribution < 1.29 is 9.53 Å². The summed E-state index contributed by atoms with van der Waals surface area (Å²) in [6.07, 6.45) is 3.33. The van der Waals surface area contributed by atoms with Crippen LogP contribution in [0, 0.1) is 0 Å². The Morgan fingerprint density at radius 3 is 2.32 bits per heavy atom. The smallest absolute Gasteiger partial charge is 0.305 e. The van der Waals surface area contributed by atoms with Gasteiger partial charge in [0.1, 0.15) is 6.61 Å². The number of benzene rings is 3. The van der Waals surface area contributed by atoms with Crippen molar-refractivity contribution in [2.45, 2.75) is 35.5 Å². The number of nitrogens with zero attached hydrogens (tertiary/aromatic N) is 3. The van der Waals surface area contributed by atoms with E-state index in [2.05, 4.69) is 63.2 Å². The van der Waals surface area contributed by atoms with Gasteiger partial charge >= 0.3 is 5.97 Å². The second-order valence-corrected chi connectivity index (χ2v) is 11.5. The maximum Gasteiger partial charge on any atom is 0.305 e. The average Bonchev–Trinajstić information content (AvgIpc) is 2.94. The van der Waals surface area contributed by atoms with Crippen molar-refractivity contribution in [2.24, 2.45) is 0 Å². The zero-order chi connectivity index (χ0) is 26.2. The van der Waals surface area contributed by atoms with E-state index in [4.69, 9.17) is 16.3 Å². The van der Waals surface area contributed by atoms with Crippen LogP contribution in [0.1, 0.15) is 24.8 Å². The predicted molar refractivity (Wildman–Crippen MR) is 157 cm³/mol. The lowest BCUT2D eigenvalue weighted by Gasteiger charge is -2.36. The lowest BCUT2D eigenvalue weighted by Crippen LogP contribution is -2.47. The van der Waals surface area contributed by atoms with E-state index >= 15 is 0 Å². The van der Waals surface area contributed by atoms with Gasteiger partial charge in [-0.05, 0) is 61.7 Å². The van der Waals surface area contributed by atoms with Crippen molar-refractivity contribution in [3.63, 3.8) is 0 Å².